The fraction of sp³-hybridized carbons (Fsp3) is 0.545. The van der Waals surface area contributed by atoms with Crippen molar-refractivity contribution in [1.29, 1.82) is 0 Å². The van der Waals surface area contributed by atoms with E-state index >= 15 is 0 Å². The molecule has 0 radical (unpaired) electrons. The van der Waals surface area contributed by atoms with Gasteiger partial charge in [0.2, 0.25) is 11.8 Å². The Balaban J connectivity index is 1.32. The molecule has 3 atom stereocenters. The van der Waals surface area contributed by atoms with Crippen LogP contribution in [-0.4, -0.2) is 72.8 Å². The van der Waals surface area contributed by atoms with E-state index in [1.165, 1.54) is 7.11 Å². The molecule has 2 aliphatic rings. The highest BCUT2D eigenvalue weighted by Gasteiger charge is 2.44. The molecule has 2 aromatic carbocycles. The van der Waals surface area contributed by atoms with Crippen LogP contribution in [0.15, 0.2) is 54.6 Å². The molecule has 2 aromatic rings. The maximum absolute atomic E-state index is 14.0. The fourth-order valence-electron chi connectivity index (χ4n) is 5.95. The van der Waals surface area contributed by atoms with Crippen LogP contribution < -0.4 is 5.32 Å². The Morgan fingerprint density at radius 3 is 2.45 bits per heavy atom. The van der Waals surface area contributed by atoms with E-state index in [1.54, 1.807) is 29.2 Å². The third kappa shape index (κ3) is 9.29. The number of aromatic hydroxyl groups is 1. The number of carbonyl (C=O) groups is 3. The van der Waals surface area contributed by atoms with Crippen LogP contribution in [0.3, 0.4) is 0 Å². The summed E-state index contributed by atoms with van der Waals surface area (Å²) in [5, 5.41) is 12.8. The van der Waals surface area contributed by atoms with E-state index in [4.69, 9.17) is 14.2 Å². The number of carbonyl (C=O) groups excluding carboxylic acids is 3. The van der Waals surface area contributed by atoms with Crippen LogP contribution in [0.4, 0.5) is 0 Å². The second-order valence-corrected chi connectivity index (χ2v) is 11.3. The largest absolute Gasteiger partial charge is 0.508 e. The first-order valence-corrected chi connectivity index (χ1v) is 15.1. The highest BCUT2D eigenvalue weighted by Crippen LogP contribution is 2.30. The minimum Gasteiger partial charge on any atom is -0.508 e. The molecule has 2 amide bonds. The molecular formula is C33H44N2O7. The Bertz CT molecular complexity index is 1150. The Kier molecular flexibility index (Phi) is 12.2. The SMILES string of the molecule is COC(=O)C1CC(OCCCCOCc2ccccc2)CN1C(=O)C(NC(=O)Cc1cccc(O)c1)C1CCCCC1. The Morgan fingerprint density at radius 2 is 1.71 bits per heavy atom. The Labute approximate surface area is 248 Å². The van der Waals surface area contributed by atoms with Crippen molar-refractivity contribution < 1.29 is 33.7 Å². The first-order chi connectivity index (χ1) is 20.4. The van der Waals surface area contributed by atoms with Crippen molar-refractivity contribution in [2.75, 3.05) is 26.9 Å². The van der Waals surface area contributed by atoms with Crippen LogP contribution in [-0.2, 0) is 41.6 Å². The normalized spacial score (nSPS) is 19.8. The zero-order chi connectivity index (χ0) is 29.7. The molecule has 0 spiro atoms. The van der Waals surface area contributed by atoms with Crippen molar-refractivity contribution in [3.63, 3.8) is 0 Å². The van der Waals surface area contributed by atoms with Gasteiger partial charge in [-0.05, 0) is 54.9 Å². The number of phenols is 1. The molecule has 3 unspecified atom stereocenters. The zero-order valence-electron chi connectivity index (χ0n) is 24.5. The first-order valence-electron chi connectivity index (χ1n) is 15.1. The van der Waals surface area contributed by atoms with Gasteiger partial charge in [-0.25, -0.2) is 4.79 Å². The summed E-state index contributed by atoms with van der Waals surface area (Å²) in [4.78, 5) is 41.4. The van der Waals surface area contributed by atoms with E-state index in [-0.39, 0.29) is 42.6 Å². The van der Waals surface area contributed by atoms with E-state index < -0.39 is 18.1 Å². The van der Waals surface area contributed by atoms with Gasteiger partial charge in [0, 0.05) is 26.2 Å². The summed E-state index contributed by atoms with van der Waals surface area (Å²) in [6.45, 7) is 1.98. The summed E-state index contributed by atoms with van der Waals surface area (Å²) < 4.78 is 16.9. The first kappa shape index (κ1) is 31.5. The second-order valence-electron chi connectivity index (χ2n) is 11.3. The van der Waals surface area contributed by atoms with Crippen molar-refractivity contribution in [1.82, 2.24) is 10.2 Å². The van der Waals surface area contributed by atoms with Crippen LogP contribution in [0.5, 0.6) is 5.75 Å². The molecule has 228 valence electrons. The van der Waals surface area contributed by atoms with Gasteiger partial charge >= 0.3 is 5.97 Å². The third-order valence-electron chi connectivity index (χ3n) is 8.15. The molecule has 1 heterocycles. The monoisotopic (exact) mass is 580 g/mol. The molecule has 2 fully saturated rings. The van der Waals surface area contributed by atoms with Gasteiger partial charge in [0.05, 0.1) is 26.2 Å². The number of hydrogen-bond donors (Lipinski definition) is 2. The van der Waals surface area contributed by atoms with Gasteiger partial charge in [0.15, 0.2) is 0 Å². The molecule has 1 saturated heterocycles. The lowest BCUT2D eigenvalue weighted by Gasteiger charge is -2.34. The molecular weight excluding hydrogens is 536 g/mol. The lowest BCUT2D eigenvalue weighted by atomic mass is 9.83. The van der Waals surface area contributed by atoms with Gasteiger partial charge in [-0.15, -0.1) is 0 Å². The van der Waals surface area contributed by atoms with E-state index in [2.05, 4.69) is 5.32 Å². The number of likely N-dealkylation sites (tertiary alicyclic amines) is 1. The van der Waals surface area contributed by atoms with Crippen LogP contribution in [0.1, 0.15) is 62.5 Å². The predicted octanol–water partition coefficient (Wildman–Crippen LogP) is 4.16. The Morgan fingerprint density at radius 1 is 0.976 bits per heavy atom. The molecule has 1 aliphatic carbocycles. The minimum atomic E-state index is -0.754. The third-order valence-corrected chi connectivity index (χ3v) is 8.15. The van der Waals surface area contributed by atoms with Crippen LogP contribution in [0.2, 0.25) is 0 Å². The standard InChI is InChI=1S/C33H44N2O7/c1-40-33(39)29-21-28(42-18-9-8-17-41-23-24-11-4-2-5-12-24)22-35(29)32(38)31(26-14-6-3-7-15-26)34-30(37)20-25-13-10-16-27(36)19-25/h2,4-5,10-13,16,19,26,28-29,31,36H,3,6-9,14-15,17-18,20-23H2,1H3,(H,34,37). The minimum absolute atomic E-state index is 0.00599. The summed E-state index contributed by atoms with van der Waals surface area (Å²) in [5.74, 6) is -0.947. The molecule has 1 saturated carbocycles. The number of unbranched alkanes of at least 4 members (excludes halogenated alkanes) is 1. The summed E-state index contributed by atoms with van der Waals surface area (Å²) >= 11 is 0. The number of nitrogens with zero attached hydrogens (tertiary/aromatic N) is 1. The van der Waals surface area contributed by atoms with Gasteiger partial charge in [0.1, 0.15) is 17.8 Å². The number of amides is 2. The molecule has 0 bridgehead atoms. The van der Waals surface area contributed by atoms with Crippen molar-refractivity contribution in [3.8, 4) is 5.75 Å². The summed E-state index contributed by atoms with van der Waals surface area (Å²) in [5.41, 5.74) is 1.80. The number of phenolic OH excluding ortho intramolecular Hbond substituents is 1. The number of esters is 1. The van der Waals surface area contributed by atoms with Crippen LogP contribution in [0.25, 0.3) is 0 Å². The Hall–Kier alpha value is -3.43. The quantitative estimate of drug-likeness (QED) is 0.255. The van der Waals surface area contributed by atoms with E-state index in [0.717, 1.165) is 50.5 Å². The molecule has 4 rings (SSSR count). The predicted molar refractivity (Wildman–Crippen MR) is 158 cm³/mol. The van der Waals surface area contributed by atoms with Crippen LogP contribution in [0, 0.1) is 5.92 Å². The molecule has 9 heteroatoms. The van der Waals surface area contributed by atoms with Crippen LogP contribution >= 0.6 is 0 Å². The maximum Gasteiger partial charge on any atom is 0.328 e. The molecule has 0 aromatic heterocycles. The molecule has 42 heavy (non-hydrogen) atoms. The van der Waals surface area contributed by atoms with Crippen molar-refractivity contribution >= 4 is 17.8 Å². The maximum atomic E-state index is 14.0. The van der Waals surface area contributed by atoms with Gasteiger partial charge in [-0.1, -0.05) is 61.7 Å². The van der Waals surface area contributed by atoms with Crippen molar-refractivity contribution in [2.45, 2.75) is 82.6 Å². The number of hydrogen-bond acceptors (Lipinski definition) is 7. The van der Waals surface area contributed by atoms with Gasteiger partial charge in [0.25, 0.3) is 0 Å². The number of benzene rings is 2. The average molecular weight is 581 g/mol. The smallest absolute Gasteiger partial charge is 0.328 e. The van der Waals surface area contributed by atoms with Gasteiger partial charge in [-0.2, -0.15) is 0 Å². The fourth-order valence-corrected chi connectivity index (χ4v) is 5.95. The lowest BCUT2D eigenvalue weighted by Crippen LogP contribution is -2.55. The topological polar surface area (TPSA) is 114 Å². The second kappa shape index (κ2) is 16.3. The van der Waals surface area contributed by atoms with E-state index in [0.29, 0.717) is 31.8 Å². The molecule has 9 nitrogen and oxygen atoms in total. The van der Waals surface area contributed by atoms with Crippen molar-refractivity contribution in [3.05, 3.63) is 65.7 Å². The van der Waals surface area contributed by atoms with E-state index in [9.17, 15) is 19.5 Å². The van der Waals surface area contributed by atoms with Gasteiger partial charge in [-0.3, -0.25) is 9.59 Å². The summed E-state index contributed by atoms with van der Waals surface area (Å²) in [6.07, 6.45) is 6.54. The number of rotatable bonds is 14. The van der Waals surface area contributed by atoms with Gasteiger partial charge < -0.3 is 29.5 Å². The average Bonchev–Trinajstić information content (AvgIpc) is 3.44. The number of nitrogens with one attached hydrogen (secondary N) is 1. The lowest BCUT2D eigenvalue weighted by molar-refractivity contribution is -0.152. The highest BCUT2D eigenvalue weighted by atomic mass is 16.5. The zero-order valence-corrected chi connectivity index (χ0v) is 24.5. The number of methoxy groups -OCH3 is 1. The van der Waals surface area contributed by atoms with Crippen molar-refractivity contribution in [2.24, 2.45) is 5.92 Å². The highest BCUT2D eigenvalue weighted by molar-refractivity contribution is 5.92. The summed E-state index contributed by atoms with van der Waals surface area (Å²) in [6, 6.07) is 15.1. The summed E-state index contributed by atoms with van der Waals surface area (Å²) in [7, 11) is 1.32. The molecule has 1 aliphatic heterocycles. The number of ether oxygens (including phenoxy) is 3. The van der Waals surface area contributed by atoms with E-state index in [1.807, 2.05) is 30.3 Å². The molecule has 2 N–H and O–H groups in total.